The fourth-order valence-electron chi connectivity index (χ4n) is 1.23. The molecule has 0 fully saturated rings. The van der Waals surface area contributed by atoms with Crippen LogP contribution in [-0.2, 0) is 9.59 Å². The van der Waals surface area contributed by atoms with Crippen LogP contribution in [0.1, 0.15) is 26.7 Å². The Bertz CT molecular complexity index is 193. The van der Waals surface area contributed by atoms with E-state index in [1.165, 1.54) is 6.92 Å². The standard InChI is InChI=1S/C10H20N2O2/c1-4-10(14)12(8-9(2)13)7-5-6-11-3/h11H,4-8H2,1-3H3. The van der Waals surface area contributed by atoms with Gasteiger partial charge in [-0.05, 0) is 26.9 Å². The van der Waals surface area contributed by atoms with Crippen molar-refractivity contribution < 1.29 is 9.59 Å². The van der Waals surface area contributed by atoms with E-state index in [2.05, 4.69) is 5.32 Å². The lowest BCUT2D eigenvalue weighted by atomic mass is 10.3. The van der Waals surface area contributed by atoms with Gasteiger partial charge in [-0.2, -0.15) is 0 Å². The molecular formula is C10H20N2O2. The van der Waals surface area contributed by atoms with Gasteiger partial charge >= 0.3 is 0 Å². The van der Waals surface area contributed by atoms with Gasteiger partial charge in [0, 0.05) is 13.0 Å². The summed E-state index contributed by atoms with van der Waals surface area (Å²) < 4.78 is 0. The lowest BCUT2D eigenvalue weighted by molar-refractivity contribution is -0.134. The van der Waals surface area contributed by atoms with Crippen molar-refractivity contribution in [3.05, 3.63) is 0 Å². The molecule has 82 valence electrons. The van der Waals surface area contributed by atoms with Gasteiger partial charge in [-0.3, -0.25) is 9.59 Å². The predicted octanol–water partition coefficient (Wildman–Crippen LogP) is 0.423. The van der Waals surface area contributed by atoms with Crippen molar-refractivity contribution in [3.63, 3.8) is 0 Å². The van der Waals surface area contributed by atoms with Gasteiger partial charge in [0.05, 0.1) is 6.54 Å². The smallest absolute Gasteiger partial charge is 0.222 e. The summed E-state index contributed by atoms with van der Waals surface area (Å²) in [5.74, 6) is 0.0903. The SMILES string of the molecule is CCC(=O)N(CCCNC)CC(C)=O. The molecule has 1 N–H and O–H groups in total. The molecule has 0 aromatic rings. The summed E-state index contributed by atoms with van der Waals surface area (Å²) in [7, 11) is 1.87. The van der Waals surface area contributed by atoms with Gasteiger partial charge in [-0.1, -0.05) is 6.92 Å². The van der Waals surface area contributed by atoms with Crippen LogP contribution in [0.15, 0.2) is 0 Å². The van der Waals surface area contributed by atoms with E-state index in [4.69, 9.17) is 0 Å². The first-order valence-corrected chi connectivity index (χ1v) is 5.03. The molecule has 0 aliphatic carbocycles. The van der Waals surface area contributed by atoms with Crippen LogP contribution in [0.5, 0.6) is 0 Å². The number of carbonyl (C=O) groups excluding carboxylic acids is 2. The zero-order valence-corrected chi connectivity index (χ0v) is 9.30. The fourth-order valence-corrected chi connectivity index (χ4v) is 1.23. The quantitative estimate of drug-likeness (QED) is 0.606. The molecule has 0 unspecified atom stereocenters. The molecule has 4 heteroatoms. The van der Waals surface area contributed by atoms with E-state index < -0.39 is 0 Å². The van der Waals surface area contributed by atoms with Crippen molar-refractivity contribution in [1.82, 2.24) is 10.2 Å². The summed E-state index contributed by atoms with van der Waals surface area (Å²) in [6.45, 7) is 5.09. The molecule has 0 saturated heterocycles. The number of hydrogen-bond acceptors (Lipinski definition) is 3. The Morgan fingerprint density at radius 3 is 2.43 bits per heavy atom. The zero-order chi connectivity index (χ0) is 11.0. The highest BCUT2D eigenvalue weighted by atomic mass is 16.2. The van der Waals surface area contributed by atoms with Gasteiger partial charge < -0.3 is 10.2 Å². The average Bonchev–Trinajstić information content (AvgIpc) is 2.15. The molecule has 0 aliphatic heterocycles. The first-order valence-electron chi connectivity index (χ1n) is 5.03. The fraction of sp³-hybridized carbons (Fsp3) is 0.800. The van der Waals surface area contributed by atoms with Crippen LogP contribution in [0.3, 0.4) is 0 Å². The number of hydrogen-bond donors (Lipinski definition) is 1. The zero-order valence-electron chi connectivity index (χ0n) is 9.30. The molecule has 14 heavy (non-hydrogen) atoms. The molecule has 0 aliphatic rings. The lowest BCUT2D eigenvalue weighted by Gasteiger charge is -2.20. The second kappa shape index (κ2) is 7.50. The molecule has 0 aromatic carbocycles. The minimum absolute atomic E-state index is 0.0382. The van der Waals surface area contributed by atoms with Crippen LogP contribution < -0.4 is 5.32 Å². The molecule has 0 radical (unpaired) electrons. The molecular weight excluding hydrogens is 180 g/mol. The van der Waals surface area contributed by atoms with Crippen molar-refractivity contribution in [3.8, 4) is 0 Å². The normalized spacial score (nSPS) is 9.93. The largest absolute Gasteiger partial charge is 0.335 e. The van der Waals surface area contributed by atoms with Crippen LogP contribution in [0.4, 0.5) is 0 Å². The summed E-state index contributed by atoms with van der Waals surface area (Å²) in [4.78, 5) is 23.9. The second-order valence-electron chi connectivity index (χ2n) is 3.33. The maximum absolute atomic E-state index is 11.4. The molecule has 0 atom stereocenters. The second-order valence-corrected chi connectivity index (χ2v) is 3.33. The number of amides is 1. The van der Waals surface area contributed by atoms with Crippen LogP contribution in [0.25, 0.3) is 0 Å². The Hall–Kier alpha value is -0.900. The van der Waals surface area contributed by atoms with Gasteiger partial charge in [0.2, 0.25) is 5.91 Å². The number of rotatable bonds is 7. The molecule has 0 heterocycles. The third-order valence-electron chi connectivity index (χ3n) is 1.92. The highest BCUT2D eigenvalue weighted by Crippen LogP contribution is 1.96. The van der Waals surface area contributed by atoms with Crippen molar-refractivity contribution in [2.75, 3.05) is 26.7 Å². The van der Waals surface area contributed by atoms with Crippen molar-refractivity contribution >= 4 is 11.7 Å². The highest BCUT2D eigenvalue weighted by Gasteiger charge is 2.12. The molecule has 1 amide bonds. The summed E-state index contributed by atoms with van der Waals surface area (Å²) in [5.41, 5.74) is 0. The van der Waals surface area contributed by atoms with Gasteiger partial charge in [0.1, 0.15) is 5.78 Å². The maximum Gasteiger partial charge on any atom is 0.222 e. The Kier molecular flexibility index (Phi) is 7.02. The van der Waals surface area contributed by atoms with Crippen molar-refractivity contribution in [1.29, 1.82) is 0 Å². The van der Waals surface area contributed by atoms with Gasteiger partial charge in [-0.25, -0.2) is 0 Å². The van der Waals surface area contributed by atoms with Crippen molar-refractivity contribution in [2.45, 2.75) is 26.7 Å². The highest BCUT2D eigenvalue weighted by molar-refractivity contribution is 5.84. The third-order valence-corrected chi connectivity index (χ3v) is 1.92. The van der Waals surface area contributed by atoms with Gasteiger partial charge in [-0.15, -0.1) is 0 Å². The Morgan fingerprint density at radius 1 is 1.36 bits per heavy atom. The van der Waals surface area contributed by atoms with Gasteiger partial charge in [0.25, 0.3) is 0 Å². The monoisotopic (exact) mass is 200 g/mol. The number of carbonyl (C=O) groups is 2. The van der Waals surface area contributed by atoms with E-state index in [0.717, 1.165) is 13.0 Å². The molecule has 0 rings (SSSR count). The van der Waals surface area contributed by atoms with Crippen LogP contribution in [0, 0.1) is 0 Å². The minimum Gasteiger partial charge on any atom is -0.335 e. The van der Waals surface area contributed by atoms with E-state index in [-0.39, 0.29) is 18.2 Å². The van der Waals surface area contributed by atoms with Crippen molar-refractivity contribution in [2.24, 2.45) is 0 Å². The van der Waals surface area contributed by atoms with Crippen LogP contribution in [-0.4, -0.2) is 43.3 Å². The number of nitrogens with zero attached hydrogens (tertiary/aromatic N) is 1. The topological polar surface area (TPSA) is 49.4 Å². The predicted molar refractivity (Wildman–Crippen MR) is 56.1 cm³/mol. The molecule has 0 bridgehead atoms. The summed E-state index contributed by atoms with van der Waals surface area (Å²) in [6.07, 6.45) is 1.35. The summed E-state index contributed by atoms with van der Waals surface area (Å²) >= 11 is 0. The number of ketones is 1. The van der Waals surface area contributed by atoms with E-state index in [1.54, 1.807) is 4.90 Å². The lowest BCUT2D eigenvalue weighted by Crippen LogP contribution is -2.36. The average molecular weight is 200 g/mol. The molecule has 0 spiro atoms. The van der Waals surface area contributed by atoms with E-state index >= 15 is 0 Å². The molecule has 0 saturated carbocycles. The summed E-state index contributed by atoms with van der Waals surface area (Å²) in [6, 6.07) is 0. The Morgan fingerprint density at radius 2 is 2.00 bits per heavy atom. The Labute approximate surface area is 85.7 Å². The van der Waals surface area contributed by atoms with Gasteiger partial charge in [0.15, 0.2) is 0 Å². The number of Topliss-reactive ketones (excluding diaryl/α,β-unsaturated/α-hetero) is 1. The number of nitrogens with one attached hydrogen (secondary N) is 1. The Balaban J connectivity index is 3.97. The van der Waals surface area contributed by atoms with Crippen LogP contribution >= 0.6 is 0 Å². The first kappa shape index (κ1) is 13.1. The van der Waals surface area contributed by atoms with E-state index in [1.807, 2.05) is 14.0 Å². The maximum atomic E-state index is 11.4. The molecule has 0 aromatic heterocycles. The summed E-state index contributed by atoms with van der Waals surface area (Å²) in [5, 5.41) is 3.01. The van der Waals surface area contributed by atoms with Crippen LogP contribution in [0.2, 0.25) is 0 Å². The van der Waals surface area contributed by atoms with E-state index in [0.29, 0.717) is 13.0 Å². The first-order chi connectivity index (χ1) is 6.61. The molecule has 4 nitrogen and oxygen atoms in total. The minimum atomic E-state index is 0.0382. The van der Waals surface area contributed by atoms with E-state index in [9.17, 15) is 9.59 Å². The third kappa shape index (κ3) is 5.70.